The molecule has 0 aromatic heterocycles. The molecule has 2 fully saturated rings. The summed E-state index contributed by atoms with van der Waals surface area (Å²) in [5.41, 5.74) is 0.738. The highest BCUT2D eigenvalue weighted by Crippen LogP contribution is 2.31. The van der Waals surface area contributed by atoms with Crippen LogP contribution in [0.4, 0.5) is 5.69 Å². The third-order valence-corrected chi connectivity index (χ3v) is 7.90. The van der Waals surface area contributed by atoms with Crippen molar-refractivity contribution in [2.75, 3.05) is 23.4 Å². The van der Waals surface area contributed by atoms with E-state index in [9.17, 15) is 13.2 Å². The Morgan fingerprint density at radius 3 is 2.35 bits per heavy atom. The van der Waals surface area contributed by atoms with Crippen LogP contribution < -0.4 is 10.1 Å². The van der Waals surface area contributed by atoms with Gasteiger partial charge in [0.05, 0.1) is 23.7 Å². The number of nitrogens with one attached hydrogen (secondary N) is 1. The highest BCUT2D eigenvalue weighted by atomic mass is 32.2. The van der Waals surface area contributed by atoms with E-state index in [0.717, 1.165) is 37.1 Å². The van der Waals surface area contributed by atoms with Gasteiger partial charge in [0.1, 0.15) is 5.75 Å². The fourth-order valence-corrected chi connectivity index (χ4v) is 6.35. The number of benzene rings is 2. The first-order valence-corrected chi connectivity index (χ1v) is 12.9. The quantitative estimate of drug-likeness (QED) is 0.694. The normalized spacial score (nSPS) is 20.8. The van der Waals surface area contributed by atoms with Crippen LogP contribution in [-0.2, 0) is 14.6 Å². The molecule has 1 N–H and O–H groups in total. The van der Waals surface area contributed by atoms with Crippen molar-refractivity contribution >= 4 is 21.4 Å². The second-order valence-corrected chi connectivity index (χ2v) is 10.6. The number of carbonyl (C=O) groups excluding carboxylic acids is 1. The molecule has 7 heteroatoms. The number of amides is 1. The van der Waals surface area contributed by atoms with Crippen LogP contribution in [0.5, 0.6) is 11.5 Å². The van der Waals surface area contributed by atoms with Crippen molar-refractivity contribution in [1.82, 2.24) is 4.90 Å². The Morgan fingerprint density at radius 2 is 1.65 bits per heavy atom. The topological polar surface area (TPSA) is 75.7 Å². The largest absolute Gasteiger partial charge is 0.455 e. The molecule has 4 rings (SSSR count). The monoisotopic (exact) mass is 442 g/mol. The van der Waals surface area contributed by atoms with Gasteiger partial charge in [-0.15, -0.1) is 0 Å². The van der Waals surface area contributed by atoms with Gasteiger partial charge in [-0.1, -0.05) is 49.6 Å². The number of hydrogen-bond acceptors (Lipinski definition) is 5. The van der Waals surface area contributed by atoms with Crippen LogP contribution in [0.25, 0.3) is 0 Å². The summed E-state index contributed by atoms with van der Waals surface area (Å²) in [6.07, 6.45) is 5.82. The Balaban J connectivity index is 1.47. The molecule has 0 unspecified atom stereocenters. The number of hydrogen-bond donors (Lipinski definition) is 1. The minimum atomic E-state index is -3.06. The molecule has 1 heterocycles. The minimum Gasteiger partial charge on any atom is -0.455 e. The van der Waals surface area contributed by atoms with E-state index < -0.39 is 9.84 Å². The lowest BCUT2D eigenvalue weighted by atomic mass is 9.93. The van der Waals surface area contributed by atoms with Crippen molar-refractivity contribution in [3.05, 3.63) is 54.6 Å². The van der Waals surface area contributed by atoms with Gasteiger partial charge in [0.15, 0.2) is 15.6 Å². The van der Waals surface area contributed by atoms with Gasteiger partial charge in [0.25, 0.3) is 0 Å². The number of anilines is 1. The van der Waals surface area contributed by atoms with Crippen molar-refractivity contribution in [3.8, 4) is 11.5 Å². The fraction of sp³-hybridized carbons (Fsp3) is 0.458. The van der Waals surface area contributed by atoms with E-state index in [2.05, 4.69) is 5.32 Å². The summed E-state index contributed by atoms with van der Waals surface area (Å²) in [5, 5.41) is 3.23. The number of para-hydroxylation sites is 3. The highest BCUT2D eigenvalue weighted by molar-refractivity contribution is 7.91. The van der Waals surface area contributed by atoms with Gasteiger partial charge in [-0.2, -0.15) is 0 Å². The van der Waals surface area contributed by atoms with Crippen molar-refractivity contribution < 1.29 is 17.9 Å². The standard InChI is InChI=1S/C24H30N2O4S/c27-24(26(19-9-3-1-4-10-19)20-15-16-31(28,29)18-20)17-25-22-13-7-8-14-23(22)30-21-11-5-2-6-12-21/h2,5-8,11-14,19-20,25H,1,3-4,9-10,15-18H2/t20-/m1/s1. The molecule has 31 heavy (non-hydrogen) atoms. The van der Waals surface area contributed by atoms with E-state index in [0.29, 0.717) is 12.2 Å². The van der Waals surface area contributed by atoms with E-state index in [4.69, 9.17) is 4.74 Å². The summed E-state index contributed by atoms with van der Waals surface area (Å²) < 4.78 is 30.1. The van der Waals surface area contributed by atoms with Crippen molar-refractivity contribution in [3.63, 3.8) is 0 Å². The van der Waals surface area contributed by atoms with Gasteiger partial charge >= 0.3 is 0 Å². The molecule has 1 amide bonds. The number of nitrogens with zero attached hydrogens (tertiary/aromatic N) is 1. The second kappa shape index (κ2) is 9.73. The van der Waals surface area contributed by atoms with Crippen molar-refractivity contribution in [1.29, 1.82) is 0 Å². The van der Waals surface area contributed by atoms with Gasteiger partial charge in [-0.05, 0) is 43.5 Å². The molecule has 166 valence electrons. The third-order valence-electron chi connectivity index (χ3n) is 6.15. The SMILES string of the molecule is O=C(CNc1ccccc1Oc1ccccc1)N(C1CCCCC1)[C@@H]1CCS(=O)(=O)C1. The average Bonchev–Trinajstić information content (AvgIpc) is 3.14. The molecule has 0 spiro atoms. The fourth-order valence-electron chi connectivity index (χ4n) is 4.64. The van der Waals surface area contributed by atoms with Crippen LogP contribution in [0.2, 0.25) is 0 Å². The van der Waals surface area contributed by atoms with E-state index >= 15 is 0 Å². The van der Waals surface area contributed by atoms with Crippen molar-refractivity contribution in [2.24, 2.45) is 0 Å². The average molecular weight is 443 g/mol. The Kier molecular flexibility index (Phi) is 6.80. The lowest BCUT2D eigenvalue weighted by Gasteiger charge is -2.38. The molecule has 1 saturated heterocycles. The van der Waals surface area contributed by atoms with E-state index in [1.165, 1.54) is 6.42 Å². The summed E-state index contributed by atoms with van der Waals surface area (Å²) in [4.78, 5) is 15.2. The van der Waals surface area contributed by atoms with E-state index in [1.54, 1.807) is 0 Å². The lowest BCUT2D eigenvalue weighted by molar-refractivity contribution is -0.134. The predicted octanol–water partition coefficient (Wildman–Crippen LogP) is 4.24. The predicted molar refractivity (Wildman–Crippen MR) is 122 cm³/mol. The van der Waals surface area contributed by atoms with Crippen LogP contribution in [0, 0.1) is 0 Å². The molecule has 0 radical (unpaired) electrons. The van der Waals surface area contributed by atoms with Crippen molar-refractivity contribution in [2.45, 2.75) is 50.6 Å². The number of ether oxygens (including phenoxy) is 1. The zero-order valence-corrected chi connectivity index (χ0v) is 18.5. The first-order valence-electron chi connectivity index (χ1n) is 11.1. The summed E-state index contributed by atoms with van der Waals surface area (Å²) in [7, 11) is -3.06. The van der Waals surface area contributed by atoms with Gasteiger partial charge in [0.2, 0.25) is 5.91 Å². The number of rotatable bonds is 7. The molecule has 2 aromatic rings. The molecule has 2 aromatic carbocycles. The Hall–Kier alpha value is -2.54. The molecule has 0 bridgehead atoms. The van der Waals surface area contributed by atoms with Gasteiger partial charge in [-0.3, -0.25) is 4.79 Å². The Labute approximate surface area is 184 Å². The maximum atomic E-state index is 13.3. The zero-order valence-electron chi connectivity index (χ0n) is 17.7. The van der Waals surface area contributed by atoms with Gasteiger partial charge in [-0.25, -0.2) is 8.42 Å². The summed E-state index contributed by atoms with van der Waals surface area (Å²) in [5.74, 6) is 1.60. The van der Waals surface area contributed by atoms with Crippen LogP contribution in [0.1, 0.15) is 38.5 Å². The second-order valence-electron chi connectivity index (χ2n) is 8.41. The van der Waals surface area contributed by atoms with Crippen LogP contribution in [-0.4, -0.2) is 49.4 Å². The number of carbonyl (C=O) groups is 1. The van der Waals surface area contributed by atoms with E-state index in [-0.39, 0.29) is 36.0 Å². The summed E-state index contributed by atoms with van der Waals surface area (Å²) in [6.45, 7) is 0.113. The Bertz CT molecular complexity index is 988. The number of sulfone groups is 1. The molecular formula is C24H30N2O4S. The molecule has 6 nitrogen and oxygen atoms in total. The van der Waals surface area contributed by atoms with Gasteiger partial charge in [0, 0.05) is 12.1 Å². The molecular weight excluding hydrogens is 412 g/mol. The molecule has 1 atom stereocenters. The van der Waals surface area contributed by atoms with Crippen LogP contribution >= 0.6 is 0 Å². The van der Waals surface area contributed by atoms with Crippen LogP contribution in [0.15, 0.2) is 54.6 Å². The molecule has 2 aliphatic rings. The zero-order chi connectivity index (χ0) is 21.7. The summed E-state index contributed by atoms with van der Waals surface area (Å²) in [6, 6.07) is 17.0. The maximum Gasteiger partial charge on any atom is 0.242 e. The molecule has 1 aliphatic carbocycles. The Morgan fingerprint density at radius 1 is 0.935 bits per heavy atom. The van der Waals surface area contributed by atoms with Gasteiger partial charge < -0.3 is 15.0 Å². The first-order chi connectivity index (χ1) is 15.0. The summed E-state index contributed by atoms with van der Waals surface area (Å²) >= 11 is 0. The molecule has 1 aliphatic heterocycles. The lowest BCUT2D eigenvalue weighted by Crippen LogP contribution is -2.50. The smallest absolute Gasteiger partial charge is 0.242 e. The first kappa shape index (κ1) is 21.7. The van der Waals surface area contributed by atoms with Crippen LogP contribution in [0.3, 0.4) is 0 Å². The maximum absolute atomic E-state index is 13.3. The van der Waals surface area contributed by atoms with E-state index in [1.807, 2.05) is 59.5 Å². The molecule has 1 saturated carbocycles. The third kappa shape index (κ3) is 5.58. The minimum absolute atomic E-state index is 0.0384. The highest BCUT2D eigenvalue weighted by Gasteiger charge is 2.38.